The van der Waals surface area contributed by atoms with Crippen molar-refractivity contribution in [3.05, 3.63) is 0 Å². The van der Waals surface area contributed by atoms with Crippen molar-refractivity contribution in [2.24, 2.45) is 0 Å². The summed E-state index contributed by atoms with van der Waals surface area (Å²) in [5.41, 5.74) is 0. The molecule has 2 N–H and O–H groups in total. The summed E-state index contributed by atoms with van der Waals surface area (Å²) in [5.74, 6) is 0.660. The lowest BCUT2D eigenvalue weighted by atomic mass is 10.3. The number of nitrogens with zero attached hydrogens (tertiary/aromatic N) is 2. The molecule has 0 aromatic heterocycles. The Labute approximate surface area is 135 Å². The molecule has 0 aliphatic carbocycles. The Morgan fingerprint density at radius 1 is 0.650 bits per heavy atom. The van der Waals surface area contributed by atoms with Crippen LogP contribution in [0.4, 0.5) is 0 Å². The van der Waals surface area contributed by atoms with Crippen molar-refractivity contribution >= 4 is 47.0 Å². The Kier molecular flexibility index (Phi) is 4.07. The minimum absolute atomic E-state index is 0.198. The lowest BCUT2D eigenvalue weighted by Crippen LogP contribution is -2.19. The average molecular weight is 349 g/mol. The number of phenols is 2. The Hall–Kier alpha value is 0.140. The fourth-order valence-corrected chi connectivity index (χ4v) is 7.51. The molecule has 2 aliphatic rings. The third-order valence-corrected chi connectivity index (χ3v) is 9.43. The molecule has 0 unspecified atom stereocenters. The summed E-state index contributed by atoms with van der Waals surface area (Å²) in [7, 11) is 8.02. The van der Waals surface area contributed by atoms with Crippen LogP contribution in [0, 0.1) is 0 Å². The zero-order chi connectivity index (χ0) is 14.6. The van der Waals surface area contributed by atoms with Crippen molar-refractivity contribution in [1.82, 2.24) is 9.80 Å². The molecule has 0 saturated heterocycles. The second-order valence-corrected chi connectivity index (χ2v) is 9.99. The van der Waals surface area contributed by atoms with Gasteiger partial charge in [0.05, 0.1) is 19.6 Å². The Bertz CT molecular complexity index is 479. The first kappa shape index (κ1) is 15.1. The summed E-state index contributed by atoms with van der Waals surface area (Å²) in [6, 6.07) is 0. The van der Waals surface area contributed by atoms with Gasteiger partial charge in [-0.25, -0.2) is 0 Å². The summed E-state index contributed by atoms with van der Waals surface area (Å²) in [4.78, 5) is 7.44. The second kappa shape index (κ2) is 5.40. The maximum atomic E-state index is 10.5. The average Bonchev–Trinajstić information content (AvgIpc) is 3.00. The summed E-state index contributed by atoms with van der Waals surface area (Å²) in [6.45, 7) is 0. The van der Waals surface area contributed by atoms with Crippen LogP contribution in [-0.4, -0.2) is 57.6 Å². The van der Waals surface area contributed by atoms with E-state index in [1.807, 2.05) is 28.2 Å². The molecular formula is C12H16N2O2S4. The van der Waals surface area contributed by atoms with Gasteiger partial charge in [-0.1, -0.05) is 47.0 Å². The van der Waals surface area contributed by atoms with Gasteiger partial charge in [0, 0.05) is 0 Å². The van der Waals surface area contributed by atoms with E-state index in [9.17, 15) is 10.2 Å². The van der Waals surface area contributed by atoms with Gasteiger partial charge in [-0.05, 0) is 28.2 Å². The first-order valence-electron chi connectivity index (χ1n) is 6.01. The SMILES string of the molecule is CN(C)C1Sc2c(O)c3c(c(O)c2S1)SC(N(C)C)S3. The van der Waals surface area contributed by atoms with Gasteiger partial charge in [-0.2, -0.15) is 0 Å². The molecule has 0 saturated carbocycles. The molecule has 0 radical (unpaired) electrons. The van der Waals surface area contributed by atoms with Gasteiger partial charge >= 0.3 is 0 Å². The molecule has 20 heavy (non-hydrogen) atoms. The summed E-state index contributed by atoms with van der Waals surface area (Å²) in [5, 5.41) is 21.1. The van der Waals surface area contributed by atoms with Crippen LogP contribution in [0.5, 0.6) is 11.5 Å². The fourth-order valence-electron chi connectivity index (χ4n) is 1.95. The van der Waals surface area contributed by atoms with E-state index in [2.05, 4.69) is 9.80 Å². The first-order valence-corrected chi connectivity index (χ1v) is 9.53. The molecular weight excluding hydrogens is 332 g/mol. The predicted octanol–water partition coefficient (Wildman–Crippen LogP) is 3.18. The zero-order valence-electron chi connectivity index (χ0n) is 11.6. The fraction of sp³-hybridized carbons (Fsp3) is 0.500. The van der Waals surface area contributed by atoms with Gasteiger partial charge in [0.25, 0.3) is 0 Å². The molecule has 1 aromatic rings. The number of fused-ring (bicyclic) bond motifs is 2. The van der Waals surface area contributed by atoms with Gasteiger partial charge in [-0.3, -0.25) is 9.80 Å². The largest absolute Gasteiger partial charge is 0.506 e. The molecule has 8 heteroatoms. The highest BCUT2D eigenvalue weighted by molar-refractivity contribution is 8.20. The minimum Gasteiger partial charge on any atom is -0.506 e. The Balaban J connectivity index is 2.03. The number of benzene rings is 1. The van der Waals surface area contributed by atoms with E-state index in [-0.39, 0.29) is 9.41 Å². The number of hydrogen-bond donors (Lipinski definition) is 2. The van der Waals surface area contributed by atoms with Gasteiger partial charge in [0.15, 0.2) is 0 Å². The normalized spacial score (nSPS) is 19.1. The lowest BCUT2D eigenvalue weighted by Gasteiger charge is -2.16. The highest BCUT2D eigenvalue weighted by atomic mass is 32.2. The van der Waals surface area contributed by atoms with Gasteiger partial charge in [-0.15, -0.1) is 0 Å². The molecule has 1 aromatic carbocycles. The van der Waals surface area contributed by atoms with Crippen molar-refractivity contribution < 1.29 is 10.2 Å². The highest BCUT2D eigenvalue weighted by Gasteiger charge is 2.38. The number of rotatable bonds is 2. The van der Waals surface area contributed by atoms with E-state index in [0.717, 1.165) is 19.6 Å². The third kappa shape index (κ3) is 2.30. The molecule has 2 heterocycles. The summed E-state index contributed by atoms with van der Waals surface area (Å²) < 4.78 is 0.396. The van der Waals surface area contributed by atoms with Crippen LogP contribution in [0.25, 0.3) is 0 Å². The maximum absolute atomic E-state index is 10.5. The van der Waals surface area contributed by atoms with Crippen LogP contribution in [0.2, 0.25) is 0 Å². The quantitative estimate of drug-likeness (QED) is 0.790. The standard InChI is InChI=1S/C12H16N2O2S4/c1-13(2)11-17-7-5(15)9-10(6(16)8(7)18-11)20-12(19-9)14(3)4/h11-12,15-16H,1-4H3. The number of phenolic OH excluding ortho intramolecular Hbond substituents is 2. The predicted molar refractivity (Wildman–Crippen MR) is 88.1 cm³/mol. The van der Waals surface area contributed by atoms with Crippen LogP contribution in [0.15, 0.2) is 19.6 Å². The van der Waals surface area contributed by atoms with Crippen LogP contribution in [0.3, 0.4) is 0 Å². The highest BCUT2D eigenvalue weighted by Crippen LogP contribution is 2.65. The number of aromatic hydroxyl groups is 2. The topological polar surface area (TPSA) is 46.9 Å². The molecule has 3 rings (SSSR count). The number of thioether (sulfide) groups is 4. The zero-order valence-corrected chi connectivity index (χ0v) is 14.8. The molecule has 110 valence electrons. The van der Waals surface area contributed by atoms with E-state index in [0.29, 0.717) is 11.5 Å². The lowest BCUT2D eigenvalue weighted by molar-refractivity contribution is 0.411. The smallest absolute Gasteiger partial charge is 0.145 e. The monoisotopic (exact) mass is 348 g/mol. The molecule has 0 spiro atoms. The molecule has 0 fully saturated rings. The van der Waals surface area contributed by atoms with E-state index in [4.69, 9.17) is 0 Å². The van der Waals surface area contributed by atoms with Crippen LogP contribution < -0.4 is 0 Å². The van der Waals surface area contributed by atoms with Crippen molar-refractivity contribution in [1.29, 1.82) is 0 Å². The second-order valence-electron chi connectivity index (χ2n) is 5.03. The number of hydrogen-bond acceptors (Lipinski definition) is 8. The molecule has 0 amide bonds. The molecule has 2 aliphatic heterocycles. The van der Waals surface area contributed by atoms with Crippen molar-refractivity contribution in [3.63, 3.8) is 0 Å². The third-order valence-electron chi connectivity index (χ3n) is 2.99. The van der Waals surface area contributed by atoms with E-state index < -0.39 is 0 Å². The molecule has 0 bridgehead atoms. The van der Waals surface area contributed by atoms with E-state index in [1.165, 1.54) is 0 Å². The van der Waals surface area contributed by atoms with E-state index >= 15 is 0 Å². The van der Waals surface area contributed by atoms with Crippen molar-refractivity contribution in [3.8, 4) is 11.5 Å². The Morgan fingerprint density at radius 3 is 1.10 bits per heavy atom. The van der Waals surface area contributed by atoms with Crippen LogP contribution in [-0.2, 0) is 0 Å². The maximum Gasteiger partial charge on any atom is 0.145 e. The van der Waals surface area contributed by atoms with E-state index in [1.54, 1.807) is 47.0 Å². The van der Waals surface area contributed by atoms with Gasteiger partial charge in [0.2, 0.25) is 0 Å². The Morgan fingerprint density at radius 2 is 0.900 bits per heavy atom. The first-order chi connectivity index (χ1) is 9.40. The van der Waals surface area contributed by atoms with Crippen molar-refractivity contribution in [2.75, 3.05) is 28.2 Å². The van der Waals surface area contributed by atoms with Gasteiger partial charge in [0.1, 0.15) is 20.9 Å². The van der Waals surface area contributed by atoms with Gasteiger partial charge < -0.3 is 10.2 Å². The van der Waals surface area contributed by atoms with Crippen molar-refractivity contribution in [2.45, 2.75) is 29.0 Å². The van der Waals surface area contributed by atoms with Crippen LogP contribution >= 0.6 is 47.0 Å². The minimum atomic E-state index is 0.198. The van der Waals surface area contributed by atoms with Crippen LogP contribution in [0.1, 0.15) is 0 Å². The molecule has 0 atom stereocenters. The summed E-state index contributed by atoms with van der Waals surface area (Å²) in [6.07, 6.45) is 0. The molecule has 4 nitrogen and oxygen atoms in total. The summed E-state index contributed by atoms with van der Waals surface area (Å²) >= 11 is 6.41.